The van der Waals surface area contributed by atoms with Gasteiger partial charge in [-0.3, -0.25) is 4.98 Å². The minimum atomic E-state index is -0.865. The monoisotopic (exact) mass is 275 g/mol. The summed E-state index contributed by atoms with van der Waals surface area (Å²) in [6, 6.07) is 18.4. The van der Waals surface area contributed by atoms with Gasteiger partial charge in [0.25, 0.3) is 0 Å². The summed E-state index contributed by atoms with van der Waals surface area (Å²) in [5.74, 6) is 0. The van der Waals surface area contributed by atoms with Crippen LogP contribution in [0, 0.1) is 6.92 Å². The SMILES string of the molecule is Cc1ccc2cc(C3(O)CCc4ccccc43)ccc2n1. The number of aryl methyl sites for hydroxylation is 2. The van der Waals surface area contributed by atoms with Crippen LogP contribution >= 0.6 is 0 Å². The molecular formula is C19H17NO. The van der Waals surface area contributed by atoms with E-state index in [-0.39, 0.29) is 0 Å². The summed E-state index contributed by atoms with van der Waals surface area (Å²) < 4.78 is 0. The van der Waals surface area contributed by atoms with Crippen molar-refractivity contribution in [3.8, 4) is 0 Å². The van der Waals surface area contributed by atoms with Gasteiger partial charge in [-0.1, -0.05) is 36.4 Å². The van der Waals surface area contributed by atoms with Gasteiger partial charge in [0.15, 0.2) is 0 Å². The Balaban J connectivity index is 1.89. The van der Waals surface area contributed by atoms with E-state index in [1.807, 2.05) is 43.3 Å². The lowest BCUT2D eigenvalue weighted by molar-refractivity contribution is 0.0831. The normalized spacial score (nSPS) is 20.7. The van der Waals surface area contributed by atoms with Gasteiger partial charge in [0.1, 0.15) is 5.60 Å². The number of pyridine rings is 1. The molecule has 104 valence electrons. The summed E-state index contributed by atoms with van der Waals surface area (Å²) >= 11 is 0. The Labute approximate surface area is 124 Å². The van der Waals surface area contributed by atoms with Crippen molar-refractivity contribution in [1.29, 1.82) is 0 Å². The zero-order valence-electron chi connectivity index (χ0n) is 12.0. The molecule has 3 aromatic rings. The predicted octanol–water partition coefficient (Wildman–Crippen LogP) is 3.73. The number of hydrogen-bond donors (Lipinski definition) is 1. The summed E-state index contributed by atoms with van der Waals surface area (Å²) in [6.45, 7) is 1.99. The van der Waals surface area contributed by atoms with E-state index in [2.05, 4.69) is 23.2 Å². The molecule has 1 aliphatic carbocycles. The van der Waals surface area contributed by atoms with Crippen LogP contribution in [0.3, 0.4) is 0 Å². The third-order valence-corrected chi connectivity index (χ3v) is 4.53. The van der Waals surface area contributed by atoms with E-state index in [0.717, 1.165) is 40.6 Å². The highest BCUT2D eigenvalue weighted by molar-refractivity contribution is 5.80. The van der Waals surface area contributed by atoms with Crippen molar-refractivity contribution in [2.45, 2.75) is 25.4 Å². The summed E-state index contributed by atoms with van der Waals surface area (Å²) in [7, 11) is 0. The molecule has 4 rings (SSSR count). The molecule has 0 amide bonds. The van der Waals surface area contributed by atoms with E-state index in [4.69, 9.17) is 0 Å². The van der Waals surface area contributed by atoms with Gasteiger partial charge < -0.3 is 5.11 Å². The van der Waals surface area contributed by atoms with Crippen LogP contribution in [0.5, 0.6) is 0 Å². The Morgan fingerprint density at radius 3 is 2.81 bits per heavy atom. The molecule has 0 radical (unpaired) electrons. The van der Waals surface area contributed by atoms with Crippen LogP contribution in [0.4, 0.5) is 0 Å². The van der Waals surface area contributed by atoms with Gasteiger partial charge in [-0.05, 0) is 54.7 Å². The van der Waals surface area contributed by atoms with E-state index in [9.17, 15) is 5.11 Å². The second kappa shape index (κ2) is 4.40. The molecule has 2 heteroatoms. The topological polar surface area (TPSA) is 33.1 Å². The minimum absolute atomic E-state index is 0.747. The number of rotatable bonds is 1. The van der Waals surface area contributed by atoms with Gasteiger partial charge in [0, 0.05) is 11.1 Å². The van der Waals surface area contributed by atoms with Crippen molar-refractivity contribution in [3.63, 3.8) is 0 Å². The van der Waals surface area contributed by atoms with E-state index >= 15 is 0 Å². The molecule has 0 aliphatic heterocycles. The number of aliphatic hydroxyl groups is 1. The van der Waals surface area contributed by atoms with Gasteiger partial charge in [0.2, 0.25) is 0 Å². The molecule has 1 atom stereocenters. The van der Waals surface area contributed by atoms with Gasteiger partial charge in [0.05, 0.1) is 5.52 Å². The number of benzene rings is 2. The fraction of sp³-hybridized carbons (Fsp3) is 0.211. The second-order valence-electron chi connectivity index (χ2n) is 5.88. The van der Waals surface area contributed by atoms with Crippen LogP contribution < -0.4 is 0 Å². The van der Waals surface area contributed by atoms with E-state index in [0.29, 0.717) is 0 Å². The molecular weight excluding hydrogens is 258 g/mol. The Morgan fingerprint density at radius 2 is 1.90 bits per heavy atom. The molecule has 0 spiro atoms. The number of nitrogens with zero attached hydrogens (tertiary/aromatic N) is 1. The highest BCUT2D eigenvalue weighted by atomic mass is 16.3. The van der Waals surface area contributed by atoms with Crippen LogP contribution in [-0.2, 0) is 12.0 Å². The van der Waals surface area contributed by atoms with Crippen molar-refractivity contribution in [2.75, 3.05) is 0 Å². The molecule has 1 aromatic heterocycles. The number of fused-ring (bicyclic) bond motifs is 2. The average molecular weight is 275 g/mol. The molecule has 0 saturated carbocycles. The maximum Gasteiger partial charge on any atom is 0.115 e. The van der Waals surface area contributed by atoms with Crippen molar-refractivity contribution < 1.29 is 5.11 Å². The van der Waals surface area contributed by atoms with Crippen LogP contribution in [0.1, 0.15) is 28.8 Å². The van der Waals surface area contributed by atoms with Crippen LogP contribution in [0.25, 0.3) is 10.9 Å². The molecule has 0 fully saturated rings. The number of aromatic nitrogens is 1. The van der Waals surface area contributed by atoms with Crippen LogP contribution in [0.15, 0.2) is 54.6 Å². The van der Waals surface area contributed by atoms with E-state index in [1.165, 1.54) is 5.56 Å². The maximum absolute atomic E-state index is 11.2. The van der Waals surface area contributed by atoms with Gasteiger partial charge in [-0.15, -0.1) is 0 Å². The molecule has 2 nitrogen and oxygen atoms in total. The highest BCUT2D eigenvalue weighted by Gasteiger charge is 2.38. The first kappa shape index (κ1) is 12.5. The molecule has 1 unspecified atom stereocenters. The Kier molecular flexibility index (Phi) is 2.63. The lowest BCUT2D eigenvalue weighted by Gasteiger charge is -2.25. The lowest BCUT2D eigenvalue weighted by atomic mass is 9.87. The van der Waals surface area contributed by atoms with Crippen molar-refractivity contribution in [3.05, 3.63) is 77.0 Å². The Hall–Kier alpha value is -2.19. The van der Waals surface area contributed by atoms with Gasteiger partial charge in [-0.2, -0.15) is 0 Å². The number of hydrogen-bond acceptors (Lipinski definition) is 2. The summed E-state index contributed by atoms with van der Waals surface area (Å²) in [4.78, 5) is 4.53. The van der Waals surface area contributed by atoms with Crippen molar-refractivity contribution in [1.82, 2.24) is 4.98 Å². The molecule has 21 heavy (non-hydrogen) atoms. The standard InChI is InChI=1S/C19H17NO/c1-13-6-7-15-12-16(8-9-18(15)20-13)19(21)11-10-14-4-2-3-5-17(14)19/h2-9,12,21H,10-11H2,1H3. The quantitative estimate of drug-likeness (QED) is 0.734. The Morgan fingerprint density at radius 1 is 1.05 bits per heavy atom. The second-order valence-corrected chi connectivity index (χ2v) is 5.88. The summed E-state index contributed by atoms with van der Waals surface area (Å²) in [5.41, 5.74) is 4.39. The smallest absolute Gasteiger partial charge is 0.115 e. The minimum Gasteiger partial charge on any atom is -0.380 e. The first-order valence-electron chi connectivity index (χ1n) is 7.35. The summed E-state index contributed by atoms with van der Waals surface area (Å²) in [6.07, 6.45) is 1.67. The van der Waals surface area contributed by atoms with Crippen LogP contribution in [-0.4, -0.2) is 10.1 Å². The fourth-order valence-electron chi connectivity index (χ4n) is 3.38. The highest BCUT2D eigenvalue weighted by Crippen LogP contribution is 2.42. The van der Waals surface area contributed by atoms with Crippen molar-refractivity contribution >= 4 is 10.9 Å². The first-order chi connectivity index (χ1) is 10.2. The molecule has 1 aliphatic rings. The third kappa shape index (κ3) is 1.87. The first-order valence-corrected chi connectivity index (χ1v) is 7.35. The summed E-state index contributed by atoms with van der Waals surface area (Å²) in [5, 5.41) is 12.3. The van der Waals surface area contributed by atoms with Crippen LogP contribution in [0.2, 0.25) is 0 Å². The maximum atomic E-state index is 11.2. The van der Waals surface area contributed by atoms with E-state index in [1.54, 1.807) is 0 Å². The van der Waals surface area contributed by atoms with E-state index < -0.39 is 5.60 Å². The molecule has 0 bridgehead atoms. The fourth-order valence-corrected chi connectivity index (χ4v) is 3.38. The molecule has 2 aromatic carbocycles. The lowest BCUT2D eigenvalue weighted by Crippen LogP contribution is -2.23. The largest absolute Gasteiger partial charge is 0.380 e. The van der Waals surface area contributed by atoms with Gasteiger partial charge >= 0.3 is 0 Å². The Bertz CT molecular complexity index is 840. The third-order valence-electron chi connectivity index (χ3n) is 4.53. The zero-order valence-corrected chi connectivity index (χ0v) is 12.0. The zero-order chi connectivity index (χ0) is 14.4. The van der Waals surface area contributed by atoms with Crippen molar-refractivity contribution in [2.24, 2.45) is 0 Å². The molecule has 0 saturated heterocycles. The average Bonchev–Trinajstić information content (AvgIpc) is 2.86. The molecule has 1 N–H and O–H groups in total. The predicted molar refractivity (Wildman–Crippen MR) is 84.2 cm³/mol. The van der Waals surface area contributed by atoms with Gasteiger partial charge in [-0.25, -0.2) is 0 Å². The molecule has 1 heterocycles.